The highest BCUT2D eigenvalue weighted by atomic mass is 35.5. The highest BCUT2D eigenvalue weighted by molar-refractivity contribution is 6.33. The minimum atomic E-state index is 0.0480. The summed E-state index contributed by atoms with van der Waals surface area (Å²) in [5, 5.41) is 12.8. The number of aliphatic hydroxyl groups excluding tert-OH is 1. The number of nitrogen functional groups attached to an aromatic ring is 1. The van der Waals surface area contributed by atoms with Gasteiger partial charge in [-0.25, -0.2) is 4.98 Å². The molecule has 2 rings (SSSR count). The molecule has 15 heavy (non-hydrogen) atoms. The lowest BCUT2D eigenvalue weighted by molar-refractivity contribution is 0.219. The molecule has 4 nitrogen and oxygen atoms in total. The van der Waals surface area contributed by atoms with Crippen molar-refractivity contribution in [1.29, 1.82) is 0 Å². The van der Waals surface area contributed by atoms with Crippen LogP contribution in [0.1, 0.15) is 12.8 Å². The Labute approximate surface area is 93.5 Å². The molecule has 0 atom stereocenters. The molecule has 0 saturated heterocycles. The summed E-state index contributed by atoms with van der Waals surface area (Å²) in [6, 6.07) is 1.66. The van der Waals surface area contributed by atoms with Crippen LogP contribution in [0, 0.1) is 5.41 Å². The van der Waals surface area contributed by atoms with Crippen molar-refractivity contribution >= 4 is 23.1 Å². The molecule has 0 unspecified atom stereocenters. The van der Waals surface area contributed by atoms with Crippen LogP contribution in [-0.4, -0.2) is 23.2 Å². The average molecular weight is 228 g/mol. The van der Waals surface area contributed by atoms with E-state index in [1.165, 1.54) is 0 Å². The number of hydrogen-bond donors (Lipinski definition) is 3. The van der Waals surface area contributed by atoms with Crippen molar-refractivity contribution in [1.82, 2.24) is 4.98 Å². The third-order valence-electron chi connectivity index (χ3n) is 2.79. The number of aromatic nitrogens is 1. The Morgan fingerprint density at radius 2 is 2.33 bits per heavy atom. The second-order valence-corrected chi connectivity index (χ2v) is 4.52. The molecule has 0 aromatic carbocycles. The van der Waals surface area contributed by atoms with Crippen molar-refractivity contribution in [2.45, 2.75) is 12.8 Å². The molecule has 1 aliphatic rings. The minimum absolute atomic E-state index is 0.0480. The number of halogens is 1. The monoisotopic (exact) mass is 227 g/mol. The van der Waals surface area contributed by atoms with E-state index in [1.54, 1.807) is 12.3 Å². The van der Waals surface area contributed by atoms with Gasteiger partial charge in [0.15, 0.2) is 0 Å². The fourth-order valence-electron chi connectivity index (χ4n) is 1.42. The van der Waals surface area contributed by atoms with E-state index in [4.69, 9.17) is 22.4 Å². The lowest BCUT2D eigenvalue weighted by Gasteiger charge is -2.14. The van der Waals surface area contributed by atoms with Crippen LogP contribution in [0.25, 0.3) is 0 Å². The largest absolute Gasteiger partial charge is 0.397 e. The molecule has 1 fully saturated rings. The van der Waals surface area contributed by atoms with Gasteiger partial charge in [0.05, 0.1) is 23.5 Å². The minimum Gasteiger partial charge on any atom is -0.397 e. The van der Waals surface area contributed by atoms with Crippen LogP contribution in [0.4, 0.5) is 11.5 Å². The van der Waals surface area contributed by atoms with Crippen molar-refractivity contribution in [3.63, 3.8) is 0 Å². The van der Waals surface area contributed by atoms with Crippen LogP contribution < -0.4 is 11.1 Å². The molecule has 1 heterocycles. The summed E-state index contributed by atoms with van der Waals surface area (Å²) in [5.74, 6) is 0.630. The van der Waals surface area contributed by atoms with E-state index in [0.717, 1.165) is 12.8 Å². The van der Waals surface area contributed by atoms with Crippen LogP contribution in [0.2, 0.25) is 5.02 Å². The number of rotatable bonds is 4. The van der Waals surface area contributed by atoms with Gasteiger partial charge in [0, 0.05) is 12.0 Å². The summed E-state index contributed by atoms with van der Waals surface area (Å²) in [6.45, 7) is 0.923. The lowest BCUT2D eigenvalue weighted by atomic mass is 10.1. The molecule has 0 aliphatic heterocycles. The van der Waals surface area contributed by atoms with Gasteiger partial charge in [0.2, 0.25) is 0 Å². The number of nitrogens with zero attached hydrogens (tertiary/aromatic N) is 1. The molecular weight excluding hydrogens is 214 g/mol. The van der Waals surface area contributed by atoms with E-state index in [-0.39, 0.29) is 12.0 Å². The Morgan fingerprint density at radius 3 is 2.87 bits per heavy atom. The van der Waals surface area contributed by atoms with E-state index in [0.29, 0.717) is 23.1 Å². The van der Waals surface area contributed by atoms with Crippen LogP contribution in [0.3, 0.4) is 0 Å². The SMILES string of the molecule is Nc1cnc(NCC2(CO)CC2)c(Cl)c1. The standard InChI is InChI=1S/C10H14ClN3O/c11-8-3-7(12)4-13-9(8)14-5-10(6-15)1-2-10/h3-4,15H,1-2,5-6,12H2,(H,13,14). The Bertz CT molecular complexity index is 366. The number of hydrogen-bond acceptors (Lipinski definition) is 4. The van der Waals surface area contributed by atoms with Gasteiger partial charge < -0.3 is 16.2 Å². The van der Waals surface area contributed by atoms with E-state index in [9.17, 15) is 0 Å². The number of pyridine rings is 1. The maximum absolute atomic E-state index is 9.13. The zero-order valence-corrected chi connectivity index (χ0v) is 9.09. The van der Waals surface area contributed by atoms with Gasteiger partial charge in [-0.1, -0.05) is 11.6 Å². The zero-order valence-electron chi connectivity index (χ0n) is 8.33. The first kappa shape index (κ1) is 10.5. The van der Waals surface area contributed by atoms with Gasteiger partial charge in [0.1, 0.15) is 5.82 Å². The first-order valence-electron chi connectivity index (χ1n) is 4.91. The smallest absolute Gasteiger partial charge is 0.144 e. The molecule has 0 amide bonds. The van der Waals surface area contributed by atoms with Gasteiger partial charge in [-0.2, -0.15) is 0 Å². The van der Waals surface area contributed by atoms with Crippen LogP contribution in [0.5, 0.6) is 0 Å². The molecular formula is C10H14ClN3O. The number of nitrogens with two attached hydrogens (primary N) is 1. The van der Waals surface area contributed by atoms with Gasteiger partial charge in [0.25, 0.3) is 0 Å². The summed E-state index contributed by atoms with van der Waals surface area (Å²) in [7, 11) is 0. The summed E-state index contributed by atoms with van der Waals surface area (Å²) < 4.78 is 0. The number of anilines is 2. The maximum Gasteiger partial charge on any atom is 0.144 e. The fraction of sp³-hybridized carbons (Fsp3) is 0.500. The molecule has 4 N–H and O–H groups in total. The van der Waals surface area contributed by atoms with Gasteiger partial charge in [-0.3, -0.25) is 0 Å². The fourth-order valence-corrected chi connectivity index (χ4v) is 1.66. The summed E-state index contributed by atoms with van der Waals surface area (Å²) in [5.41, 5.74) is 6.13. The number of aliphatic hydroxyl groups is 1. The highest BCUT2D eigenvalue weighted by Gasteiger charge is 2.41. The topological polar surface area (TPSA) is 71.2 Å². The molecule has 1 aliphatic carbocycles. The number of nitrogens with one attached hydrogen (secondary N) is 1. The predicted molar refractivity (Wildman–Crippen MR) is 60.9 cm³/mol. The third kappa shape index (κ3) is 2.33. The van der Waals surface area contributed by atoms with E-state index in [2.05, 4.69) is 10.3 Å². The summed E-state index contributed by atoms with van der Waals surface area (Å²) >= 11 is 5.95. The normalized spacial score (nSPS) is 17.5. The van der Waals surface area contributed by atoms with Crippen LogP contribution in [-0.2, 0) is 0 Å². The van der Waals surface area contributed by atoms with Gasteiger partial charge in [-0.05, 0) is 18.9 Å². The summed E-state index contributed by atoms with van der Waals surface area (Å²) in [4.78, 5) is 4.09. The quantitative estimate of drug-likeness (QED) is 0.729. The van der Waals surface area contributed by atoms with Gasteiger partial charge in [-0.15, -0.1) is 0 Å². The van der Waals surface area contributed by atoms with Crippen molar-refractivity contribution in [2.24, 2.45) is 5.41 Å². The Hall–Kier alpha value is -1.00. The zero-order chi connectivity index (χ0) is 10.9. The van der Waals surface area contributed by atoms with E-state index in [1.807, 2.05) is 0 Å². The van der Waals surface area contributed by atoms with Crippen LogP contribution in [0.15, 0.2) is 12.3 Å². The van der Waals surface area contributed by atoms with Crippen LogP contribution >= 0.6 is 11.6 Å². The second-order valence-electron chi connectivity index (χ2n) is 4.11. The summed E-state index contributed by atoms with van der Waals surface area (Å²) in [6.07, 6.45) is 3.68. The molecule has 1 saturated carbocycles. The molecule has 1 aromatic heterocycles. The van der Waals surface area contributed by atoms with Crippen molar-refractivity contribution in [3.05, 3.63) is 17.3 Å². The molecule has 0 spiro atoms. The Balaban J connectivity index is 1.99. The molecule has 5 heteroatoms. The predicted octanol–water partition coefficient (Wildman–Crippen LogP) is 1.50. The maximum atomic E-state index is 9.13. The molecule has 0 radical (unpaired) electrons. The molecule has 0 bridgehead atoms. The first-order valence-corrected chi connectivity index (χ1v) is 5.29. The van der Waals surface area contributed by atoms with E-state index >= 15 is 0 Å². The average Bonchev–Trinajstić information content (AvgIpc) is 2.97. The lowest BCUT2D eigenvalue weighted by Crippen LogP contribution is -2.19. The van der Waals surface area contributed by atoms with E-state index < -0.39 is 0 Å². The second kappa shape index (κ2) is 3.87. The Morgan fingerprint density at radius 1 is 1.60 bits per heavy atom. The van der Waals surface area contributed by atoms with Crippen molar-refractivity contribution in [3.8, 4) is 0 Å². The highest BCUT2D eigenvalue weighted by Crippen LogP contribution is 2.45. The third-order valence-corrected chi connectivity index (χ3v) is 3.07. The molecule has 1 aromatic rings. The van der Waals surface area contributed by atoms with Crippen molar-refractivity contribution in [2.75, 3.05) is 24.2 Å². The van der Waals surface area contributed by atoms with Crippen molar-refractivity contribution < 1.29 is 5.11 Å². The van der Waals surface area contributed by atoms with Gasteiger partial charge >= 0.3 is 0 Å². The molecule has 82 valence electrons. The first-order chi connectivity index (χ1) is 7.15. The Kier molecular flexibility index (Phi) is 2.71.